The number of fused-ring (bicyclic) bond motifs is 1. The number of thioether (sulfide) groups is 1. The van der Waals surface area contributed by atoms with Gasteiger partial charge in [-0.2, -0.15) is 11.8 Å². The summed E-state index contributed by atoms with van der Waals surface area (Å²) in [6, 6.07) is 2.99. The van der Waals surface area contributed by atoms with Crippen molar-refractivity contribution in [3.63, 3.8) is 0 Å². The van der Waals surface area contributed by atoms with Crippen molar-refractivity contribution in [2.24, 2.45) is 5.92 Å². The van der Waals surface area contributed by atoms with E-state index in [0.29, 0.717) is 12.0 Å². The Labute approximate surface area is 130 Å². The SMILES string of the molecule is CCCNC(c1cc2c(s1)CCSC2)C1CCCOC1. The lowest BCUT2D eigenvalue weighted by molar-refractivity contribution is 0.0395. The maximum absolute atomic E-state index is 5.73. The number of nitrogens with one attached hydrogen (secondary N) is 1. The zero-order valence-corrected chi connectivity index (χ0v) is 14.0. The highest BCUT2D eigenvalue weighted by Crippen LogP contribution is 2.38. The van der Waals surface area contributed by atoms with Crippen molar-refractivity contribution in [2.75, 3.05) is 25.5 Å². The van der Waals surface area contributed by atoms with Gasteiger partial charge < -0.3 is 10.1 Å². The van der Waals surface area contributed by atoms with Crippen LogP contribution in [0.25, 0.3) is 0 Å². The number of aryl methyl sites for hydroxylation is 1. The summed E-state index contributed by atoms with van der Waals surface area (Å²) in [7, 11) is 0. The highest BCUT2D eigenvalue weighted by Gasteiger charge is 2.27. The van der Waals surface area contributed by atoms with Crippen LogP contribution in [0.3, 0.4) is 0 Å². The number of hydrogen-bond acceptors (Lipinski definition) is 4. The van der Waals surface area contributed by atoms with E-state index in [1.807, 2.05) is 0 Å². The Bertz CT molecular complexity index is 403. The molecule has 20 heavy (non-hydrogen) atoms. The van der Waals surface area contributed by atoms with Gasteiger partial charge in [-0.1, -0.05) is 6.92 Å². The third kappa shape index (κ3) is 3.41. The highest BCUT2D eigenvalue weighted by molar-refractivity contribution is 7.98. The summed E-state index contributed by atoms with van der Waals surface area (Å²) in [6.45, 7) is 5.24. The number of hydrogen-bond donors (Lipinski definition) is 1. The van der Waals surface area contributed by atoms with Crippen LogP contribution in [0.2, 0.25) is 0 Å². The molecule has 0 amide bonds. The van der Waals surface area contributed by atoms with Crippen molar-refractivity contribution in [3.05, 3.63) is 21.4 Å². The molecule has 112 valence electrons. The van der Waals surface area contributed by atoms with E-state index in [-0.39, 0.29) is 0 Å². The smallest absolute Gasteiger partial charge is 0.0512 e. The van der Waals surface area contributed by atoms with Gasteiger partial charge in [-0.15, -0.1) is 11.3 Å². The lowest BCUT2D eigenvalue weighted by atomic mass is 9.92. The van der Waals surface area contributed by atoms with Crippen LogP contribution in [0.1, 0.15) is 47.5 Å². The van der Waals surface area contributed by atoms with Gasteiger partial charge >= 0.3 is 0 Å². The Balaban J connectivity index is 1.78. The summed E-state index contributed by atoms with van der Waals surface area (Å²) in [5.74, 6) is 3.17. The first-order valence-corrected chi connectivity index (χ1v) is 9.86. The molecule has 0 aromatic carbocycles. The van der Waals surface area contributed by atoms with Gasteiger partial charge in [-0.05, 0) is 49.6 Å². The molecule has 2 aliphatic heterocycles. The normalized spacial score (nSPS) is 24.4. The topological polar surface area (TPSA) is 21.3 Å². The summed E-state index contributed by atoms with van der Waals surface area (Å²) in [4.78, 5) is 3.19. The molecule has 0 radical (unpaired) electrons. The largest absolute Gasteiger partial charge is 0.381 e. The van der Waals surface area contributed by atoms with Crippen molar-refractivity contribution < 1.29 is 4.74 Å². The standard InChI is InChI=1S/C16H25NOS2/c1-2-6-17-16(12-4-3-7-18-10-12)15-9-13-11-19-8-5-14(13)20-15/h9,12,16-17H,2-8,10-11H2,1H3. The third-order valence-electron chi connectivity index (χ3n) is 4.23. The minimum Gasteiger partial charge on any atom is -0.381 e. The second kappa shape index (κ2) is 7.30. The molecule has 0 saturated carbocycles. The van der Waals surface area contributed by atoms with Gasteiger partial charge in [0.1, 0.15) is 0 Å². The molecular formula is C16H25NOS2. The van der Waals surface area contributed by atoms with Crippen LogP contribution in [-0.2, 0) is 16.9 Å². The molecule has 2 atom stereocenters. The van der Waals surface area contributed by atoms with Gasteiger partial charge in [0.2, 0.25) is 0 Å². The summed E-state index contributed by atoms with van der Waals surface area (Å²) in [5.41, 5.74) is 1.60. The molecule has 2 nitrogen and oxygen atoms in total. The second-order valence-electron chi connectivity index (χ2n) is 5.81. The predicted molar refractivity (Wildman–Crippen MR) is 88.8 cm³/mol. The van der Waals surface area contributed by atoms with Gasteiger partial charge in [0, 0.05) is 34.1 Å². The molecule has 0 aliphatic carbocycles. The fraction of sp³-hybridized carbons (Fsp3) is 0.750. The van der Waals surface area contributed by atoms with Crippen molar-refractivity contribution in [1.29, 1.82) is 0 Å². The average Bonchev–Trinajstić information content (AvgIpc) is 2.92. The fourth-order valence-corrected chi connectivity index (χ4v) is 5.70. The predicted octanol–water partition coefficient (Wildman–Crippen LogP) is 4.00. The molecule has 0 spiro atoms. The van der Waals surface area contributed by atoms with Gasteiger partial charge in [0.05, 0.1) is 6.61 Å². The number of ether oxygens (including phenoxy) is 1. The van der Waals surface area contributed by atoms with Crippen LogP contribution in [0, 0.1) is 5.92 Å². The van der Waals surface area contributed by atoms with Crippen molar-refractivity contribution >= 4 is 23.1 Å². The molecule has 1 aromatic rings. The molecule has 1 N–H and O–H groups in total. The van der Waals surface area contributed by atoms with E-state index in [9.17, 15) is 0 Å². The molecule has 1 fully saturated rings. The maximum atomic E-state index is 5.73. The first kappa shape index (κ1) is 14.9. The summed E-state index contributed by atoms with van der Waals surface area (Å²) in [5, 5.41) is 3.79. The summed E-state index contributed by atoms with van der Waals surface area (Å²) in [6.07, 6.45) is 4.99. The highest BCUT2D eigenvalue weighted by atomic mass is 32.2. The van der Waals surface area contributed by atoms with Crippen molar-refractivity contribution in [3.8, 4) is 0 Å². The van der Waals surface area contributed by atoms with E-state index < -0.39 is 0 Å². The van der Waals surface area contributed by atoms with Crippen molar-refractivity contribution in [2.45, 2.75) is 44.4 Å². The Morgan fingerprint density at radius 2 is 2.45 bits per heavy atom. The Hall–Kier alpha value is -0.0300. The molecule has 1 aromatic heterocycles. The van der Waals surface area contributed by atoms with Gasteiger partial charge in [0.25, 0.3) is 0 Å². The van der Waals surface area contributed by atoms with E-state index in [2.05, 4.69) is 41.4 Å². The van der Waals surface area contributed by atoms with Gasteiger partial charge in [-0.25, -0.2) is 0 Å². The van der Waals surface area contributed by atoms with Gasteiger partial charge in [-0.3, -0.25) is 0 Å². The van der Waals surface area contributed by atoms with Crippen LogP contribution in [-0.4, -0.2) is 25.5 Å². The Kier molecular flexibility index (Phi) is 5.43. The van der Waals surface area contributed by atoms with E-state index in [1.165, 1.54) is 37.2 Å². The lowest BCUT2D eigenvalue weighted by Gasteiger charge is -2.30. The van der Waals surface area contributed by atoms with Crippen LogP contribution in [0.4, 0.5) is 0 Å². The first-order valence-electron chi connectivity index (χ1n) is 7.89. The average molecular weight is 312 g/mol. The van der Waals surface area contributed by atoms with E-state index in [0.717, 1.165) is 19.8 Å². The van der Waals surface area contributed by atoms with Crippen molar-refractivity contribution in [1.82, 2.24) is 5.32 Å². The molecule has 0 bridgehead atoms. The van der Waals surface area contributed by atoms with Crippen LogP contribution < -0.4 is 5.32 Å². The summed E-state index contributed by atoms with van der Waals surface area (Å²) >= 11 is 4.13. The molecule has 4 heteroatoms. The maximum Gasteiger partial charge on any atom is 0.0512 e. The van der Waals surface area contributed by atoms with E-state index >= 15 is 0 Å². The van der Waals surface area contributed by atoms with Crippen LogP contribution in [0.15, 0.2) is 6.07 Å². The first-order chi connectivity index (χ1) is 9.88. The number of thiophene rings is 1. The molecular weight excluding hydrogens is 286 g/mol. The Morgan fingerprint density at radius 3 is 3.20 bits per heavy atom. The second-order valence-corrected chi connectivity index (χ2v) is 8.08. The van der Waals surface area contributed by atoms with Crippen LogP contribution in [0.5, 0.6) is 0 Å². The summed E-state index contributed by atoms with van der Waals surface area (Å²) < 4.78 is 5.73. The molecule has 3 rings (SSSR count). The molecule has 3 heterocycles. The Morgan fingerprint density at radius 1 is 1.50 bits per heavy atom. The zero-order chi connectivity index (χ0) is 13.8. The van der Waals surface area contributed by atoms with Crippen LogP contribution >= 0.6 is 23.1 Å². The quantitative estimate of drug-likeness (QED) is 0.888. The fourth-order valence-electron chi connectivity index (χ4n) is 3.15. The molecule has 2 aliphatic rings. The minimum atomic E-state index is 0.510. The lowest BCUT2D eigenvalue weighted by Crippen LogP contribution is -2.33. The monoisotopic (exact) mass is 311 g/mol. The molecule has 2 unspecified atom stereocenters. The van der Waals surface area contributed by atoms with E-state index in [4.69, 9.17) is 4.74 Å². The zero-order valence-electron chi connectivity index (χ0n) is 12.3. The minimum absolute atomic E-state index is 0.510. The third-order valence-corrected chi connectivity index (χ3v) is 6.56. The number of rotatable bonds is 5. The van der Waals surface area contributed by atoms with E-state index in [1.54, 1.807) is 15.3 Å². The molecule has 1 saturated heterocycles. The van der Waals surface area contributed by atoms with Gasteiger partial charge in [0.15, 0.2) is 0 Å².